The number of aliphatic hydroxyl groups excluding tert-OH is 1. The van der Waals surface area contributed by atoms with Crippen LogP contribution in [0.3, 0.4) is 0 Å². The number of ether oxygens (including phenoxy) is 1. The van der Waals surface area contributed by atoms with E-state index in [1.165, 1.54) is 0 Å². The fourth-order valence-corrected chi connectivity index (χ4v) is 3.81. The fraction of sp³-hybridized carbons (Fsp3) is 0.381. The monoisotopic (exact) mass is 367 g/mol. The first-order valence-corrected chi connectivity index (χ1v) is 9.42. The summed E-state index contributed by atoms with van der Waals surface area (Å²) >= 11 is 0. The van der Waals surface area contributed by atoms with Crippen molar-refractivity contribution in [3.05, 3.63) is 54.6 Å². The normalized spacial score (nSPS) is 23.4. The molecule has 2 amide bonds. The largest absolute Gasteiger partial charge is 0.390 e. The Hall–Kier alpha value is -2.41. The number of likely N-dealkylation sites (tertiary alicyclic amines) is 1. The number of aliphatic hydroxyl groups is 1. The number of hydrogen-bond donors (Lipinski definition) is 2. The standard InChI is InChI=1S/C21H25N3O3/c25-20-15-24(14-19(20)23-9-11-27-12-10-23)21(26)22-18-8-4-7-17(13-18)16-5-2-1-3-6-16/h1-8,13,19-20,25H,9-12,14-15H2,(H,22,26)/t19-,20-/m0/s1. The van der Waals surface area contributed by atoms with Crippen LogP contribution >= 0.6 is 0 Å². The molecule has 4 rings (SSSR count). The van der Waals surface area contributed by atoms with Crippen LogP contribution in [0.4, 0.5) is 10.5 Å². The van der Waals surface area contributed by atoms with Gasteiger partial charge in [0, 0.05) is 25.3 Å². The molecule has 27 heavy (non-hydrogen) atoms. The Morgan fingerprint density at radius 3 is 2.52 bits per heavy atom. The third-order valence-corrected chi connectivity index (χ3v) is 5.28. The SMILES string of the molecule is O=C(Nc1cccc(-c2ccccc2)c1)N1C[C@H](O)[C@@H](N2CCOCC2)C1. The summed E-state index contributed by atoms with van der Waals surface area (Å²) in [5.74, 6) is 0. The Bertz CT molecular complexity index is 777. The maximum atomic E-state index is 12.7. The van der Waals surface area contributed by atoms with E-state index in [1.54, 1.807) is 4.90 Å². The lowest BCUT2D eigenvalue weighted by Crippen LogP contribution is -2.49. The van der Waals surface area contributed by atoms with Crippen LogP contribution < -0.4 is 5.32 Å². The zero-order valence-electron chi connectivity index (χ0n) is 15.3. The first-order chi connectivity index (χ1) is 13.2. The molecule has 2 heterocycles. The number of nitrogens with zero attached hydrogens (tertiary/aromatic N) is 2. The molecule has 142 valence electrons. The van der Waals surface area contributed by atoms with E-state index in [0.717, 1.165) is 29.9 Å². The van der Waals surface area contributed by atoms with Gasteiger partial charge in [-0.3, -0.25) is 4.90 Å². The molecule has 0 radical (unpaired) electrons. The second kappa shape index (κ2) is 8.08. The van der Waals surface area contributed by atoms with Crippen molar-refractivity contribution in [1.82, 2.24) is 9.80 Å². The van der Waals surface area contributed by atoms with Crippen molar-refractivity contribution in [2.24, 2.45) is 0 Å². The van der Waals surface area contributed by atoms with Gasteiger partial charge in [0.15, 0.2) is 0 Å². The maximum Gasteiger partial charge on any atom is 0.321 e. The van der Waals surface area contributed by atoms with Gasteiger partial charge < -0.3 is 20.1 Å². The van der Waals surface area contributed by atoms with E-state index in [2.05, 4.69) is 10.2 Å². The summed E-state index contributed by atoms with van der Waals surface area (Å²) in [5, 5.41) is 13.4. The van der Waals surface area contributed by atoms with E-state index in [-0.39, 0.29) is 12.1 Å². The van der Waals surface area contributed by atoms with Crippen LogP contribution in [0.2, 0.25) is 0 Å². The van der Waals surface area contributed by atoms with Gasteiger partial charge in [-0.1, -0.05) is 42.5 Å². The summed E-state index contributed by atoms with van der Waals surface area (Å²) in [4.78, 5) is 16.6. The summed E-state index contributed by atoms with van der Waals surface area (Å²) in [6.45, 7) is 3.85. The first kappa shape index (κ1) is 18.0. The number of hydrogen-bond acceptors (Lipinski definition) is 4. The number of nitrogens with one attached hydrogen (secondary N) is 1. The average molecular weight is 367 g/mol. The van der Waals surface area contributed by atoms with E-state index >= 15 is 0 Å². The van der Waals surface area contributed by atoms with E-state index in [4.69, 9.17) is 4.74 Å². The van der Waals surface area contributed by atoms with Crippen molar-refractivity contribution >= 4 is 11.7 Å². The molecule has 6 heteroatoms. The molecular weight excluding hydrogens is 342 g/mol. The van der Waals surface area contributed by atoms with Crippen molar-refractivity contribution in [3.8, 4) is 11.1 Å². The Morgan fingerprint density at radius 2 is 1.74 bits per heavy atom. The third kappa shape index (κ3) is 4.13. The highest BCUT2D eigenvalue weighted by Gasteiger charge is 2.38. The van der Waals surface area contributed by atoms with Gasteiger partial charge in [-0.25, -0.2) is 4.79 Å². The van der Waals surface area contributed by atoms with Crippen LogP contribution in [0.5, 0.6) is 0 Å². The molecule has 2 aromatic rings. The summed E-state index contributed by atoms with van der Waals surface area (Å²) in [5.41, 5.74) is 2.92. The van der Waals surface area contributed by atoms with Crippen LogP contribution in [0.1, 0.15) is 0 Å². The van der Waals surface area contributed by atoms with Gasteiger partial charge in [0.05, 0.1) is 31.9 Å². The van der Waals surface area contributed by atoms with Gasteiger partial charge in [-0.2, -0.15) is 0 Å². The van der Waals surface area contributed by atoms with Gasteiger partial charge in [-0.05, 0) is 23.3 Å². The first-order valence-electron chi connectivity index (χ1n) is 9.42. The number of carbonyl (C=O) groups excluding carboxylic acids is 1. The maximum absolute atomic E-state index is 12.7. The molecule has 2 N–H and O–H groups in total. The molecule has 2 saturated heterocycles. The molecule has 0 aromatic heterocycles. The number of anilines is 1. The molecule has 0 bridgehead atoms. The van der Waals surface area contributed by atoms with E-state index in [1.807, 2.05) is 54.6 Å². The smallest absolute Gasteiger partial charge is 0.321 e. The number of urea groups is 1. The highest BCUT2D eigenvalue weighted by atomic mass is 16.5. The quantitative estimate of drug-likeness (QED) is 0.873. The lowest BCUT2D eigenvalue weighted by molar-refractivity contribution is -0.00607. The van der Waals surface area contributed by atoms with Crippen molar-refractivity contribution in [1.29, 1.82) is 0 Å². The van der Waals surface area contributed by atoms with Gasteiger partial charge in [0.1, 0.15) is 0 Å². The van der Waals surface area contributed by atoms with E-state index in [9.17, 15) is 9.90 Å². The Balaban J connectivity index is 1.41. The number of morpholine rings is 1. The number of amides is 2. The minimum atomic E-state index is -0.524. The summed E-state index contributed by atoms with van der Waals surface area (Å²) in [6.07, 6.45) is -0.524. The van der Waals surface area contributed by atoms with Crippen LogP contribution in [-0.2, 0) is 4.74 Å². The summed E-state index contributed by atoms with van der Waals surface area (Å²) in [6, 6.07) is 17.7. The zero-order chi connectivity index (χ0) is 18.6. The van der Waals surface area contributed by atoms with E-state index in [0.29, 0.717) is 26.3 Å². The Morgan fingerprint density at radius 1 is 1.00 bits per heavy atom. The Kier molecular flexibility index (Phi) is 5.38. The van der Waals surface area contributed by atoms with Crippen LogP contribution in [0, 0.1) is 0 Å². The lowest BCUT2D eigenvalue weighted by Gasteiger charge is -2.33. The molecule has 2 fully saturated rings. The molecule has 0 spiro atoms. The Labute approximate surface area is 159 Å². The fourth-order valence-electron chi connectivity index (χ4n) is 3.81. The molecule has 2 aliphatic rings. The average Bonchev–Trinajstić information content (AvgIpc) is 3.11. The van der Waals surface area contributed by atoms with Crippen molar-refractivity contribution in [3.63, 3.8) is 0 Å². The molecule has 2 atom stereocenters. The third-order valence-electron chi connectivity index (χ3n) is 5.28. The van der Waals surface area contributed by atoms with E-state index < -0.39 is 6.10 Å². The van der Waals surface area contributed by atoms with Gasteiger partial charge >= 0.3 is 6.03 Å². The second-order valence-corrected chi connectivity index (χ2v) is 7.07. The number of β-amino-alcohol motifs (C(OH)–C–C–N with tert-alkyl or cyclic N) is 1. The molecular formula is C21H25N3O3. The van der Waals surface area contributed by atoms with Crippen LogP contribution in [-0.4, -0.2) is 72.5 Å². The number of benzene rings is 2. The van der Waals surface area contributed by atoms with Gasteiger partial charge in [-0.15, -0.1) is 0 Å². The number of rotatable bonds is 3. The van der Waals surface area contributed by atoms with Gasteiger partial charge in [0.2, 0.25) is 0 Å². The second-order valence-electron chi connectivity index (χ2n) is 7.07. The number of carbonyl (C=O) groups is 1. The highest BCUT2D eigenvalue weighted by Crippen LogP contribution is 2.23. The zero-order valence-corrected chi connectivity index (χ0v) is 15.3. The summed E-state index contributed by atoms with van der Waals surface area (Å²) in [7, 11) is 0. The predicted molar refractivity (Wildman–Crippen MR) is 105 cm³/mol. The van der Waals surface area contributed by atoms with Gasteiger partial charge in [0.25, 0.3) is 0 Å². The highest BCUT2D eigenvalue weighted by molar-refractivity contribution is 5.90. The minimum absolute atomic E-state index is 0.0182. The van der Waals surface area contributed by atoms with Crippen molar-refractivity contribution in [2.45, 2.75) is 12.1 Å². The van der Waals surface area contributed by atoms with Crippen molar-refractivity contribution < 1.29 is 14.6 Å². The topological polar surface area (TPSA) is 65.0 Å². The summed E-state index contributed by atoms with van der Waals surface area (Å²) < 4.78 is 5.38. The van der Waals surface area contributed by atoms with Crippen LogP contribution in [0.25, 0.3) is 11.1 Å². The molecule has 2 aromatic carbocycles. The molecule has 2 aliphatic heterocycles. The minimum Gasteiger partial charge on any atom is -0.390 e. The predicted octanol–water partition coefficient (Wildman–Crippen LogP) is 2.26. The molecule has 0 unspecified atom stereocenters. The molecule has 0 saturated carbocycles. The molecule has 0 aliphatic carbocycles. The van der Waals surface area contributed by atoms with Crippen LogP contribution in [0.15, 0.2) is 54.6 Å². The molecule has 6 nitrogen and oxygen atoms in total. The lowest BCUT2D eigenvalue weighted by atomic mass is 10.1. The van der Waals surface area contributed by atoms with Crippen molar-refractivity contribution in [2.75, 3.05) is 44.7 Å².